The number of hydrogen-bond acceptors (Lipinski definition) is 15. The summed E-state index contributed by atoms with van der Waals surface area (Å²) in [5.41, 5.74) is 5.56. The molecule has 2 aromatic heterocycles. The van der Waals surface area contributed by atoms with Crippen molar-refractivity contribution in [1.29, 1.82) is 0 Å². The minimum Gasteiger partial charge on any atom is -0.739 e. The summed E-state index contributed by atoms with van der Waals surface area (Å²) in [6.45, 7) is 10.2. The van der Waals surface area contributed by atoms with Gasteiger partial charge in [-0.25, -0.2) is 9.46 Å². The Morgan fingerprint density at radius 1 is 0.717 bits per heavy atom. The number of benzene rings is 2. The van der Waals surface area contributed by atoms with Crippen LogP contribution in [0.15, 0.2) is 42.7 Å². The maximum atomic E-state index is 11.9. The molecule has 0 saturated carbocycles. The molecule has 0 fully saturated rings. The van der Waals surface area contributed by atoms with Crippen molar-refractivity contribution < 1.29 is 57.3 Å². The number of fused-ring (bicyclic) bond motifs is 2. The zero-order chi connectivity index (χ0) is 39.4. The number of rotatable bonds is 14. The lowest BCUT2D eigenvalue weighted by Gasteiger charge is -2.25. The molecule has 2 aromatic carbocycles. The van der Waals surface area contributed by atoms with Gasteiger partial charge in [-0.1, -0.05) is 0 Å². The van der Waals surface area contributed by atoms with E-state index in [0.29, 0.717) is 33.1 Å². The quantitative estimate of drug-likeness (QED) is 0.0916. The lowest BCUT2D eigenvalue weighted by molar-refractivity contribution is -0.680. The topological polar surface area (TPSA) is 271 Å². The van der Waals surface area contributed by atoms with Gasteiger partial charge in [0.1, 0.15) is 24.7 Å². The fourth-order valence-corrected chi connectivity index (χ4v) is 4.93. The van der Waals surface area contributed by atoms with Gasteiger partial charge >= 0.3 is 35.2 Å². The molecule has 0 aliphatic rings. The number of amides is 2. The Morgan fingerprint density at radius 3 is 1.60 bits per heavy atom. The van der Waals surface area contributed by atoms with Crippen molar-refractivity contribution in [3.63, 3.8) is 0 Å². The van der Waals surface area contributed by atoms with Gasteiger partial charge in [0, 0.05) is 45.6 Å². The second-order valence-electron chi connectivity index (χ2n) is 11.4. The highest BCUT2D eigenvalue weighted by atomic mass is 16.6. The molecule has 2 unspecified atom stereocenters. The molecule has 0 bridgehead atoms. The largest absolute Gasteiger partial charge is 0.739 e. The third kappa shape index (κ3) is 11.5. The molecule has 2 amide bonds. The number of likely N-dealkylation sites (N-methyl/N-ethyl adjacent to an activating group) is 2. The summed E-state index contributed by atoms with van der Waals surface area (Å²) in [5, 5.41) is 53.8. The van der Waals surface area contributed by atoms with Crippen molar-refractivity contribution in [2.45, 2.75) is 53.8 Å². The third-order valence-electron chi connectivity index (χ3n) is 7.46. The molecule has 21 nitrogen and oxygen atoms in total. The number of esters is 2. The van der Waals surface area contributed by atoms with Crippen LogP contribution >= 0.6 is 0 Å². The minimum absolute atomic E-state index is 0.0225. The van der Waals surface area contributed by atoms with Crippen LogP contribution in [0.2, 0.25) is 0 Å². The molecule has 53 heavy (non-hydrogen) atoms. The first-order valence-electron chi connectivity index (χ1n) is 16.2. The number of nitrogens with zero attached hydrogens (tertiary/aromatic N) is 8. The zero-order valence-corrected chi connectivity index (χ0v) is 30.0. The summed E-state index contributed by atoms with van der Waals surface area (Å²) in [4.78, 5) is 49.3. The SMILES string of the molecule is CCN(CC(COc1ccc2c(c1)[n+]([O-])nc(N)[n+]2[O-])OC(C)=O)C(C)=O.CCN(CC(COc1ccc2c(c1)[n+]([O-])nc[n+]2[O-])OC(C)=O)C(C)=O. The van der Waals surface area contributed by atoms with E-state index in [1.165, 1.54) is 73.9 Å². The molecule has 286 valence electrons. The first-order valence-corrected chi connectivity index (χ1v) is 16.2. The zero-order valence-electron chi connectivity index (χ0n) is 30.0. The smallest absolute Gasteiger partial charge is 0.458 e. The first kappa shape index (κ1) is 40.9. The minimum atomic E-state index is -0.699. The van der Waals surface area contributed by atoms with E-state index in [4.69, 9.17) is 24.7 Å². The lowest BCUT2D eigenvalue weighted by Crippen LogP contribution is -2.44. The van der Waals surface area contributed by atoms with Gasteiger partial charge in [-0.3, -0.25) is 24.9 Å². The van der Waals surface area contributed by atoms with Gasteiger partial charge in [-0.15, -0.1) is 0 Å². The average molecular weight is 744 g/mol. The van der Waals surface area contributed by atoms with E-state index in [2.05, 4.69) is 10.2 Å². The van der Waals surface area contributed by atoms with E-state index < -0.39 is 30.1 Å². The van der Waals surface area contributed by atoms with Crippen LogP contribution in [0.3, 0.4) is 0 Å². The van der Waals surface area contributed by atoms with Gasteiger partial charge in [0.25, 0.3) is 0 Å². The Morgan fingerprint density at radius 2 is 1.17 bits per heavy atom. The van der Waals surface area contributed by atoms with Gasteiger partial charge in [-0.05, 0) is 38.1 Å². The highest BCUT2D eigenvalue weighted by molar-refractivity contribution is 5.74. The predicted molar refractivity (Wildman–Crippen MR) is 182 cm³/mol. The van der Waals surface area contributed by atoms with Crippen molar-refractivity contribution in [2.75, 3.05) is 45.1 Å². The number of aromatic nitrogens is 6. The first-order chi connectivity index (χ1) is 25.0. The van der Waals surface area contributed by atoms with E-state index in [1.54, 1.807) is 6.92 Å². The summed E-state index contributed by atoms with van der Waals surface area (Å²) >= 11 is 0. The molecule has 4 rings (SSSR count). The molecule has 0 spiro atoms. The average Bonchev–Trinajstić information content (AvgIpc) is 3.10. The summed E-state index contributed by atoms with van der Waals surface area (Å²) < 4.78 is 22.4. The molecular formula is C32H41N9O12. The number of carbonyl (C=O) groups is 4. The van der Waals surface area contributed by atoms with E-state index >= 15 is 0 Å². The van der Waals surface area contributed by atoms with Crippen molar-refractivity contribution in [3.8, 4) is 11.5 Å². The van der Waals surface area contributed by atoms with Crippen LogP contribution in [0, 0.1) is 20.8 Å². The summed E-state index contributed by atoms with van der Waals surface area (Å²) in [6, 6.07) is 8.50. The normalized spacial score (nSPS) is 11.8. The van der Waals surface area contributed by atoms with E-state index in [-0.39, 0.29) is 70.8 Å². The second kappa shape index (κ2) is 18.6. The molecular weight excluding hydrogens is 702 g/mol. The van der Waals surface area contributed by atoms with Crippen LogP contribution in [-0.2, 0) is 28.7 Å². The highest BCUT2D eigenvalue weighted by Gasteiger charge is 2.23. The Labute approximate surface area is 302 Å². The molecule has 2 N–H and O–H groups in total. The van der Waals surface area contributed by atoms with Crippen LogP contribution in [-0.4, -0.2) is 95.4 Å². The molecule has 2 heterocycles. The molecule has 21 heteroatoms. The van der Waals surface area contributed by atoms with Crippen LogP contribution in [0.1, 0.15) is 41.5 Å². The summed E-state index contributed by atoms with van der Waals surface area (Å²) in [5.74, 6) is -1.20. The lowest BCUT2D eigenvalue weighted by atomic mass is 10.3. The van der Waals surface area contributed by atoms with Gasteiger partial charge in [0.05, 0.1) is 30.1 Å². The Balaban J connectivity index is 0.000000286. The van der Waals surface area contributed by atoms with Crippen molar-refractivity contribution in [3.05, 3.63) is 63.6 Å². The van der Waals surface area contributed by atoms with Gasteiger partial charge in [-0.2, -0.15) is 0 Å². The van der Waals surface area contributed by atoms with E-state index in [9.17, 15) is 40.0 Å². The maximum absolute atomic E-state index is 11.9. The molecule has 0 radical (unpaired) electrons. The second-order valence-corrected chi connectivity index (χ2v) is 11.4. The van der Waals surface area contributed by atoms with Crippen molar-refractivity contribution in [2.24, 2.45) is 0 Å². The van der Waals surface area contributed by atoms with Crippen LogP contribution in [0.5, 0.6) is 11.5 Å². The van der Waals surface area contributed by atoms with Crippen LogP contribution < -0.4 is 34.4 Å². The van der Waals surface area contributed by atoms with Crippen molar-refractivity contribution in [1.82, 2.24) is 20.0 Å². The number of carbonyl (C=O) groups excluding carboxylic acids is 4. The molecule has 0 aliphatic heterocycles. The maximum Gasteiger partial charge on any atom is 0.458 e. The van der Waals surface area contributed by atoms with Crippen LogP contribution in [0.4, 0.5) is 5.95 Å². The summed E-state index contributed by atoms with van der Waals surface area (Å²) in [6.07, 6.45) is -0.506. The molecule has 4 aromatic rings. The number of hydrogen-bond donors (Lipinski definition) is 1. The molecule has 2 atom stereocenters. The Kier molecular flexibility index (Phi) is 14.4. The Bertz CT molecular complexity index is 1950. The fourth-order valence-electron chi connectivity index (χ4n) is 4.93. The number of ether oxygens (including phenoxy) is 4. The fraction of sp³-hybridized carbons (Fsp3) is 0.438. The predicted octanol–water partition coefficient (Wildman–Crippen LogP) is -1.06. The molecule has 0 saturated heterocycles. The van der Waals surface area contributed by atoms with E-state index in [0.717, 1.165) is 6.33 Å². The van der Waals surface area contributed by atoms with Gasteiger partial charge in [0.15, 0.2) is 17.7 Å². The van der Waals surface area contributed by atoms with E-state index in [1.807, 2.05) is 6.92 Å². The Hall–Kier alpha value is -6.54. The van der Waals surface area contributed by atoms with Gasteiger partial charge in [0.2, 0.25) is 27.5 Å². The number of nitrogens with two attached hydrogens (primary N) is 1. The third-order valence-corrected chi connectivity index (χ3v) is 7.46. The standard InChI is InChI=1S/C16H21N5O6.C16H20N4O6/c1-4-19(10(2)22)8-13(27-11(3)23)9-26-12-5-6-14-15(7-12)21(25)18-16(17)20(14)24;1-4-18(11(2)21)8-14(26-12(3)22)9-25-13-5-6-15-16(7-13)20(24)17-10-19(15)23/h5-7,13H,4,8-9H2,1-3H3,(H2,17,18);5-7,10,14H,4,8-9H2,1-3H3. The highest BCUT2D eigenvalue weighted by Crippen LogP contribution is 2.18. The summed E-state index contributed by atoms with van der Waals surface area (Å²) in [7, 11) is 0. The molecule has 0 aliphatic carbocycles. The number of anilines is 1. The van der Waals surface area contributed by atoms with Gasteiger partial charge < -0.3 is 49.6 Å². The van der Waals surface area contributed by atoms with Crippen LogP contribution in [0.25, 0.3) is 22.1 Å². The van der Waals surface area contributed by atoms with Crippen molar-refractivity contribution >= 4 is 51.8 Å². The monoisotopic (exact) mass is 743 g/mol. The number of nitrogen functional groups attached to an aromatic ring is 1.